The number of benzene rings is 1. The number of hydrogen-bond donors (Lipinski definition) is 2. The molecular weight excluding hydrogens is 312 g/mol. The van der Waals surface area contributed by atoms with Crippen LogP contribution in [-0.4, -0.2) is 13.2 Å². The fraction of sp³-hybridized carbons (Fsp3) is 0.125. The number of carbonyl (C=O) groups excluding carboxylic acids is 1. The van der Waals surface area contributed by atoms with Gasteiger partial charge >= 0.3 is 7.25 Å². The number of amides is 1. The highest BCUT2D eigenvalue weighted by Gasteiger charge is 2.20. The third-order valence-corrected chi connectivity index (χ3v) is 2.07. The van der Waals surface area contributed by atoms with Crippen molar-refractivity contribution in [2.75, 3.05) is 5.32 Å². The fourth-order valence-electron chi connectivity index (χ4n) is 0.930. The van der Waals surface area contributed by atoms with Crippen LogP contribution in [0.3, 0.4) is 0 Å². The van der Waals surface area contributed by atoms with Gasteiger partial charge in [0.25, 0.3) is 0 Å². The van der Waals surface area contributed by atoms with E-state index in [2.05, 4.69) is 10.4 Å². The maximum Gasteiger partial charge on any atom is 0.673 e. The number of hydrogen-bond acceptors (Lipinski definition) is 2. The number of rotatable bonds is 2. The zero-order chi connectivity index (χ0) is 15.2. The smallest absolute Gasteiger partial charge is 0.418 e. The summed E-state index contributed by atoms with van der Waals surface area (Å²) in [5.41, 5.74) is 5.88. The van der Waals surface area contributed by atoms with Gasteiger partial charge < -0.3 is 22.6 Å². The molecule has 0 aliphatic carbocycles. The van der Waals surface area contributed by atoms with Gasteiger partial charge in [-0.15, -0.1) is 0 Å². The maximum absolute atomic E-state index is 10.8. The number of anilines is 1. The second kappa shape index (κ2) is 7.29. The van der Waals surface area contributed by atoms with Gasteiger partial charge in [-0.3, -0.25) is 4.79 Å². The van der Waals surface area contributed by atoms with Crippen molar-refractivity contribution in [3.8, 4) is 0 Å². The average molecular weight is 320 g/mol. The van der Waals surface area contributed by atoms with Gasteiger partial charge in [-0.2, -0.15) is 5.53 Å². The highest BCUT2D eigenvalue weighted by atomic mass is 35.5. The fourth-order valence-corrected chi connectivity index (χ4v) is 1.50. The molecule has 11 heteroatoms. The summed E-state index contributed by atoms with van der Waals surface area (Å²) in [6.07, 6.45) is 0. The normalized spacial score (nSPS) is 10.3. The van der Waals surface area contributed by atoms with Gasteiger partial charge in [0.1, 0.15) is 5.69 Å². The third kappa shape index (κ3) is 8.38. The van der Waals surface area contributed by atoms with Gasteiger partial charge in [-0.1, -0.05) is 23.2 Å². The Balaban J connectivity index is 0.000000555. The van der Waals surface area contributed by atoms with E-state index >= 15 is 0 Å². The minimum atomic E-state index is -6.00. The highest BCUT2D eigenvalue weighted by Crippen LogP contribution is 2.34. The molecule has 0 unspecified atom stereocenters. The molecule has 0 radical (unpaired) electrons. The van der Waals surface area contributed by atoms with E-state index < -0.39 is 7.25 Å². The molecule has 0 spiro atoms. The molecule has 106 valence electrons. The lowest BCUT2D eigenvalue weighted by atomic mass is 10.3. The van der Waals surface area contributed by atoms with Crippen LogP contribution in [0.1, 0.15) is 6.92 Å². The Labute approximate surface area is 115 Å². The van der Waals surface area contributed by atoms with Gasteiger partial charge in [-0.25, -0.2) is 0 Å². The van der Waals surface area contributed by atoms with E-state index in [-0.39, 0.29) is 5.91 Å². The molecule has 1 aromatic rings. The Bertz CT molecular complexity index is 455. The molecule has 1 aromatic carbocycles. The summed E-state index contributed by atoms with van der Waals surface area (Å²) in [7, 11) is -6.00. The first-order valence-corrected chi connectivity index (χ1v) is 5.35. The SMILES string of the molecule is CC(=O)Nc1c(Cl)cc(N=[NH2+])cc1Cl.F[B-](F)(F)F. The van der Waals surface area contributed by atoms with E-state index in [1.165, 1.54) is 19.1 Å². The highest BCUT2D eigenvalue weighted by molar-refractivity contribution is 6.50. The van der Waals surface area contributed by atoms with Gasteiger partial charge in [0.15, 0.2) is 0 Å². The Morgan fingerprint density at radius 3 is 1.89 bits per heavy atom. The predicted molar refractivity (Wildman–Crippen MR) is 65.0 cm³/mol. The number of nitrogens with two attached hydrogens (primary N) is 1. The summed E-state index contributed by atoms with van der Waals surface area (Å²) in [4.78, 5) is 10.8. The number of nitrogens with one attached hydrogen (secondary N) is 1. The van der Waals surface area contributed by atoms with Crippen molar-refractivity contribution in [3.05, 3.63) is 22.2 Å². The van der Waals surface area contributed by atoms with Crippen molar-refractivity contribution in [2.45, 2.75) is 6.92 Å². The molecule has 3 N–H and O–H groups in total. The van der Waals surface area contributed by atoms with Crippen LogP contribution in [0, 0.1) is 0 Å². The molecule has 0 aliphatic heterocycles. The summed E-state index contributed by atoms with van der Waals surface area (Å²) in [5, 5.41) is 6.54. The lowest BCUT2D eigenvalue weighted by Crippen LogP contribution is -2.21. The topological polar surface area (TPSA) is 67.0 Å². The Morgan fingerprint density at radius 1 is 1.26 bits per heavy atom. The van der Waals surface area contributed by atoms with Crippen LogP contribution in [-0.2, 0) is 4.79 Å². The van der Waals surface area contributed by atoms with Crippen LogP contribution in [0.2, 0.25) is 10.0 Å². The summed E-state index contributed by atoms with van der Waals surface area (Å²) >= 11 is 11.7. The van der Waals surface area contributed by atoms with Crippen LogP contribution in [0.25, 0.3) is 0 Å². The van der Waals surface area contributed by atoms with Gasteiger partial charge in [0, 0.05) is 6.92 Å². The molecule has 0 aliphatic rings. The second-order valence-electron chi connectivity index (χ2n) is 3.09. The van der Waals surface area contributed by atoms with Crippen molar-refractivity contribution >= 4 is 47.7 Å². The summed E-state index contributed by atoms with van der Waals surface area (Å²) in [6.45, 7) is 1.37. The lowest BCUT2D eigenvalue weighted by Gasteiger charge is -2.06. The number of halogens is 6. The molecule has 4 nitrogen and oxygen atoms in total. The van der Waals surface area contributed by atoms with Crippen LogP contribution in [0.15, 0.2) is 17.2 Å². The second-order valence-corrected chi connectivity index (χ2v) is 3.90. The summed E-state index contributed by atoms with van der Waals surface area (Å²) in [6, 6.07) is 3.03. The molecule has 0 saturated carbocycles. The summed E-state index contributed by atoms with van der Waals surface area (Å²) < 4.78 is 39.0. The third-order valence-electron chi connectivity index (χ3n) is 1.48. The standard InChI is InChI=1S/C8H7Cl2N3O.BF4/c1-4(14)12-8-6(9)2-5(13-11)3-7(8)10;2-1(3,4)5/h2-3,11H,1H3,(H,12,14);/q;-1/p+1. The quantitative estimate of drug-likeness (QED) is 0.491. The lowest BCUT2D eigenvalue weighted by molar-refractivity contribution is -0.210. The Morgan fingerprint density at radius 2 is 1.63 bits per heavy atom. The van der Waals surface area contributed by atoms with Crippen LogP contribution >= 0.6 is 23.2 Å². The average Bonchev–Trinajstić information content (AvgIpc) is 2.20. The van der Waals surface area contributed by atoms with Crippen LogP contribution < -0.4 is 10.8 Å². The zero-order valence-electron chi connectivity index (χ0n) is 9.43. The maximum atomic E-state index is 10.8. The molecule has 0 aromatic heterocycles. The molecule has 0 fully saturated rings. The van der Waals surface area contributed by atoms with E-state index in [9.17, 15) is 22.1 Å². The van der Waals surface area contributed by atoms with Crippen molar-refractivity contribution in [1.82, 2.24) is 0 Å². The first-order valence-electron chi connectivity index (χ1n) is 4.59. The molecule has 1 amide bonds. The largest absolute Gasteiger partial charge is 0.673 e. The first-order chi connectivity index (χ1) is 8.54. The molecule has 0 atom stereocenters. The van der Waals surface area contributed by atoms with Gasteiger partial charge in [0.2, 0.25) is 5.91 Å². The first kappa shape index (κ1) is 17.7. The van der Waals surface area contributed by atoms with Gasteiger partial charge in [0.05, 0.1) is 15.7 Å². The van der Waals surface area contributed by atoms with Crippen molar-refractivity contribution in [1.29, 1.82) is 0 Å². The van der Waals surface area contributed by atoms with Crippen molar-refractivity contribution in [3.63, 3.8) is 0 Å². The van der Waals surface area contributed by atoms with Crippen molar-refractivity contribution in [2.24, 2.45) is 5.11 Å². The Kier molecular flexibility index (Phi) is 6.78. The minimum absolute atomic E-state index is 0.244. The van der Waals surface area contributed by atoms with E-state index in [0.717, 1.165) is 0 Å². The monoisotopic (exact) mass is 319 g/mol. The molecule has 0 saturated heterocycles. The Hall–Kier alpha value is -1.35. The predicted octanol–water partition coefficient (Wildman–Crippen LogP) is 3.09. The van der Waals surface area contributed by atoms with E-state index in [1.54, 1.807) is 0 Å². The van der Waals surface area contributed by atoms with Crippen LogP contribution in [0.4, 0.5) is 28.6 Å². The van der Waals surface area contributed by atoms with Gasteiger partial charge in [-0.05, 0) is 17.2 Å². The number of nitrogens with zero attached hydrogens (tertiary/aromatic N) is 1. The molecule has 0 bridgehead atoms. The van der Waals surface area contributed by atoms with E-state index in [0.29, 0.717) is 21.4 Å². The molecule has 19 heavy (non-hydrogen) atoms. The summed E-state index contributed by atoms with van der Waals surface area (Å²) in [5.74, 6) is -0.244. The van der Waals surface area contributed by atoms with Crippen molar-refractivity contribution < 1.29 is 27.6 Å². The minimum Gasteiger partial charge on any atom is -0.418 e. The zero-order valence-corrected chi connectivity index (χ0v) is 10.9. The molecular formula is C8H8BCl2F4N3O. The molecule has 1 rings (SSSR count). The van der Waals surface area contributed by atoms with Crippen LogP contribution in [0.5, 0.6) is 0 Å². The van der Waals surface area contributed by atoms with E-state index in [1.807, 2.05) is 0 Å². The van der Waals surface area contributed by atoms with E-state index in [4.69, 9.17) is 28.7 Å². The number of carbonyl (C=O) groups is 1. The molecule has 0 heterocycles.